The smallest absolute Gasteiger partial charge is 0.316 e. The van der Waals surface area contributed by atoms with Crippen LogP contribution < -0.4 is 14.4 Å². The van der Waals surface area contributed by atoms with Gasteiger partial charge in [0.25, 0.3) is 0 Å². The number of carbonyl (C=O) groups excluding carboxylic acids is 2. The molecule has 24 heavy (non-hydrogen) atoms. The first-order valence-electron chi connectivity index (χ1n) is 7.49. The Morgan fingerprint density at radius 1 is 1.17 bits per heavy atom. The van der Waals surface area contributed by atoms with Crippen LogP contribution in [0.5, 0.6) is 11.5 Å². The Morgan fingerprint density at radius 3 is 2.62 bits per heavy atom. The molecule has 124 valence electrons. The fraction of sp³-hybridized carbons (Fsp3) is 0.222. The number of ether oxygens (including phenoxy) is 2. The van der Waals surface area contributed by atoms with Crippen LogP contribution in [0.15, 0.2) is 48.5 Å². The Morgan fingerprint density at radius 2 is 1.92 bits per heavy atom. The number of benzene rings is 2. The summed E-state index contributed by atoms with van der Waals surface area (Å²) >= 11 is 5.97. The molecule has 1 saturated heterocycles. The highest BCUT2D eigenvalue weighted by atomic mass is 35.5. The number of para-hydroxylation sites is 2. The van der Waals surface area contributed by atoms with Crippen LogP contribution in [0.25, 0.3) is 0 Å². The predicted molar refractivity (Wildman–Crippen MR) is 90.5 cm³/mol. The largest absolute Gasteiger partial charge is 0.493 e. The van der Waals surface area contributed by atoms with Crippen molar-refractivity contribution < 1.29 is 19.1 Å². The number of hydrogen-bond acceptors (Lipinski definition) is 4. The van der Waals surface area contributed by atoms with Crippen molar-refractivity contribution in [1.29, 1.82) is 0 Å². The topological polar surface area (TPSA) is 55.8 Å². The molecule has 0 saturated carbocycles. The predicted octanol–water partition coefficient (Wildman–Crippen LogP) is 3.31. The van der Waals surface area contributed by atoms with Gasteiger partial charge in [0.2, 0.25) is 5.91 Å². The number of carbonyl (C=O) groups is 2. The van der Waals surface area contributed by atoms with E-state index in [9.17, 15) is 9.59 Å². The minimum Gasteiger partial charge on any atom is -0.493 e. The van der Waals surface area contributed by atoms with E-state index in [0.29, 0.717) is 22.2 Å². The summed E-state index contributed by atoms with van der Waals surface area (Å²) in [6.45, 7) is 0.271. The molecule has 6 heteroatoms. The van der Waals surface area contributed by atoms with E-state index >= 15 is 0 Å². The molecular weight excluding hydrogens is 330 g/mol. The van der Waals surface area contributed by atoms with Crippen molar-refractivity contribution in [3.63, 3.8) is 0 Å². The van der Waals surface area contributed by atoms with Gasteiger partial charge in [0, 0.05) is 23.7 Å². The van der Waals surface area contributed by atoms with Crippen LogP contribution in [0.1, 0.15) is 6.42 Å². The van der Waals surface area contributed by atoms with Crippen molar-refractivity contribution >= 4 is 29.2 Å². The molecule has 0 radical (unpaired) electrons. The Hall–Kier alpha value is -2.53. The average molecular weight is 346 g/mol. The van der Waals surface area contributed by atoms with E-state index in [1.807, 2.05) is 0 Å². The zero-order chi connectivity index (χ0) is 17.1. The number of amides is 1. The second-order valence-electron chi connectivity index (χ2n) is 5.46. The van der Waals surface area contributed by atoms with Gasteiger partial charge >= 0.3 is 5.97 Å². The van der Waals surface area contributed by atoms with E-state index in [2.05, 4.69) is 0 Å². The van der Waals surface area contributed by atoms with Crippen LogP contribution in [0.4, 0.5) is 5.69 Å². The molecule has 0 spiro atoms. The third-order valence-electron chi connectivity index (χ3n) is 3.86. The van der Waals surface area contributed by atoms with Crippen molar-refractivity contribution in [3.8, 4) is 11.5 Å². The van der Waals surface area contributed by atoms with Gasteiger partial charge in [-0.1, -0.05) is 29.8 Å². The number of anilines is 1. The van der Waals surface area contributed by atoms with Gasteiger partial charge in [-0.3, -0.25) is 9.59 Å². The minimum atomic E-state index is -0.526. The van der Waals surface area contributed by atoms with Crippen molar-refractivity contribution in [1.82, 2.24) is 0 Å². The zero-order valence-electron chi connectivity index (χ0n) is 13.1. The summed E-state index contributed by atoms with van der Waals surface area (Å²) in [5.74, 6) is -0.279. The second-order valence-corrected chi connectivity index (χ2v) is 5.89. The van der Waals surface area contributed by atoms with Gasteiger partial charge in [0.15, 0.2) is 11.5 Å². The molecule has 1 aliphatic rings. The fourth-order valence-corrected chi connectivity index (χ4v) is 2.84. The molecule has 1 atom stereocenters. The van der Waals surface area contributed by atoms with Crippen LogP contribution in [0, 0.1) is 5.92 Å². The van der Waals surface area contributed by atoms with E-state index in [4.69, 9.17) is 21.1 Å². The number of rotatable bonds is 4. The molecule has 1 fully saturated rings. The zero-order valence-corrected chi connectivity index (χ0v) is 13.8. The van der Waals surface area contributed by atoms with Crippen LogP contribution in [-0.4, -0.2) is 25.5 Å². The monoisotopic (exact) mass is 345 g/mol. The lowest BCUT2D eigenvalue weighted by Crippen LogP contribution is -2.27. The Balaban J connectivity index is 1.72. The number of halogens is 1. The van der Waals surface area contributed by atoms with Gasteiger partial charge in [-0.25, -0.2) is 0 Å². The number of hydrogen-bond donors (Lipinski definition) is 0. The summed E-state index contributed by atoms with van der Waals surface area (Å²) in [5.41, 5.74) is 0.681. The maximum Gasteiger partial charge on any atom is 0.316 e. The highest BCUT2D eigenvalue weighted by Gasteiger charge is 2.36. The SMILES string of the molecule is COc1ccccc1OC(=O)C1CC(=O)N(c2cccc(Cl)c2)C1. The van der Waals surface area contributed by atoms with Crippen LogP contribution >= 0.6 is 11.6 Å². The Bertz CT molecular complexity index is 777. The first-order chi connectivity index (χ1) is 11.6. The molecule has 3 rings (SSSR count). The van der Waals surface area contributed by atoms with Gasteiger partial charge in [-0.05, 0) is 30.3 Å². The normalized spacial score (nSPS) is 17.0. The molecular formula is C18H16ClNO4. The third kappa shape index (κ3) is 3.36. The molecule has 2 aromatic rings. The van der Waals surface area contributed by atoms with E-state index in [0.717, 1.165) is 0 Å². The maximum absolute atomic E-state index is 12.4. The molecule has 2 aromatic carbocycles. The molecule has 0 aliphatic carbocycles. The summed E-state index contributed by atoms with van der Waals surface area (Å²) in [6.07, 6.45) is 0.112. The highest BCUT2D eigenvalue weighted by Crippen LogP contribution is 2.30. The van der Waals surface area contributed by atoms with Crippen LogP contribution in [-0.2, 0) is 9.59 Å². The molecule has 5 nitrogen and oxygen atoms in total. The summed E-state index contributed by atoms with van der Waals surface area (Å²) in [6, 6.07) is 13.9. The molecule has 1 unspecified atom stereocenters. The number of methoxy groups -OCH3 is 1. The van der Waals surface area contributed by atoms with Crippen molar-refractivity contribution in [2.45, 2.75) is 6.42 Å². The van der Waals surface area contributed by atoms with Crippen molar-refractivity contribution in [3.05, 3.63) is 53.6 Å². The van der Waals surface area contributed by atoms with Crippen LogP contribution in [0.2, 0.25) is 5.02 Å². The summed E-state index contributed by atoms with van der Waals surface area (Å²) in [5, 5.41) is 0.542. The molecule has 1 amide bonds. The number of esters is 1. The van der Waals surface area contributed by atoms with E-state index in [1.54, 1.807) is 53.4 Å². The first-order valence-corrected chi connectivity index (χ1v) is 7.87. The third-order valence-corrected chi connectivity index (χ3v) is 4.09. The fourth-order valence-electron chi connectivity index (χ4n) is 2.65. The van der Waals surface area contributed by atoms with E-state index in [1.165, 1.54) is 7.11 Å². The lowest BCUT2D eigenvalue weighted by molar-refractivity contribution is -0.139. The van der Waals surface area contributed by atoms with Gasteiger partial charge in [0.05, 0.1) is 13.0 Å². The average Bonchev–Trinajstić information content (AvgIpc) is 2.97. The molecule has 1 heterocycles. The summed E-state index contributed by atoms with van der Waals surface area (Å²) in [7, 11) is 1.51. The first kappa shape index (κ1) is 16.3. The second kappa shape index (κ2) is 6.93. The van der Waals surface area contributed by atoms with Gasteiger partial charge < -0.3 is 14.4 Å². The molecule has 0 aromatic heterocycles. The molecule has 0 N–H and O–H groups in total. The molecule has 0 bridgehead atoms. The quantitative estimate of drug-likeness (QED) is 0.630. The van der Waals surface area contributed by atoms with Crippen molar-refractivity contribution in [2.75, 3.05) is 18.6 Å². The summed E-state index contributed by atoms with van der Waals surface area (Å²) in [4.78, 5) is 26.2. The number of nitrogens with zero attached hydrogens (tertiary/aromatic N) is 1. The van der Waals surface area contributed by atoms with Gasteiger partial charge in [0.1, 0.15) is 0 Å². The van der Waals surface area contributed by atoms with Crippen LogP contribution in [0.3, 0.4) is 0 Å². The molecule has 1 aliphatic heterocycles. The standard InChI is InChI=1S/C18H16ClNO4/c1-23-15-7-2-3-8-16(15)24-18(22)12-9-17(21)20(11-12)14-6-4-5-13(19)10-14/h2-8,10,12H,9,11H2,1H3. The summed E-state index contributed by atoms with van der Waals surface area (Å²) < 4.78 is 10.6. The minimum absolute atomic E-state index is 0.112. The lowest BCUT2D eigenvalue weighted by atomic mass is 10.1. The Labute approximate surface area is 144 Å². The highest BCUT2D eigenvalue weighted by molar-refractivity contribution is 6.30. The van der Waals surface area contributed by atoms with Gasteiger partial charge in [-0.2, -0.15) is 0 Å². The lowest BCUT2D eigenvalue weighted by Gasteiger charge is -2.17. The Kier molecular flexibility index (Phi) is 4.71. The maximum atomic E-state index is 12.4. The van der Waals surface area contributed by atoms with Crippen molar-refractivity contribution in [2.24, 2.45) is 5.92 Å². The van der Waals surface area contributed by atoms with E-state index in [-0.39, 0.29) is 18.9 Å². The van der Waals surface area contributed by atoms with E-state index < -0.39 is 11.9 Å². The van der Waals surface area contributed by atoms with Gasteiger partial charge in [-0.15, -0.1) is 0 Å².